The number of H-pyrrole nitrogens is 1. The van der Waals surface area contributed by atoms with E-state index in [9.17, 15) is 9.90 Å². The summed E-state index contributed by atoms with van der Waals surface area (Å²) in [4.78, 5) is 12.2. The van der Waals surface area contributed by atoms with E-state index in [4.69, 9.17) is 0 Å². The molecule has 2 aliphatic carbocycles. The van der Waals surface area contributed by atoms with Crippen LogP contribution in [0.4, 0.5) is 0 Å². The summed E-state index contributed by atoms with van der Waals surface area (Å²) in [5, 5.41) is 20.0. The lowest BCUT2D eigenvalue weighted by Gasteiger charge is -2.23. The zero-order valence-electron chi connectivity index (χ0n) is 11.8. The lowest BCUT2D eigenvalue weighted by Crippen LogP contribution is -2.40. The molecule has 0 radical (unpaired) electrons. The van der Waals surface area contributed by atoms with Crippen molar-refractivity contribution < 1.29 is 9.90 Å². The zero-order valence-corrected chi connectivity index (χ0v) is 11.8. The molecule has 3 N–H and O–H groups in total. The molecule has 1 fully saturated rings. The summed E-state index contributed by atoms with van der Waals surface area (Å²) >= 11 is 0. The summed E-state index contributed by atoms with van der Waals surface area (Å²) in [6, 6.07) is 0. The number of rotatable bonds is 4. The van der Waals surface area contributed by atoms with Crippen LogP contribution in [-0.4, -0.2) is 33.9 Å². The molecule has 5 nitrogen and oxygen atoms in total. The Hall–Kier alpha value is -1.36. The van der Waals surface area contributed by atoms with E-state index in [0.717, 1.165) is 37.8 Å². The third kappa shape index (κ3) is 2.87. The molecule has 110 valence electrons. The average molecular weight is 277 g/mol. The zero-order chi connectivity index (χ0) is 13.9. The second kappa shape index (κ2) is 5.95. The van der Waals surface area contributed by atoms with Crippen molar-refractivity contribution in [3.8, 4) is 0 Å². The minimum atomic E-state index is -0.382. The van der Waals surface area contributed by atoms with E-state index >= 15 is 0 Å². The molecule has 0 aliphatic heterocycles. The van der Waals surface area contributed by atoms with Crippen LogP contribution in [0.2, 0.25) is 0 Å². The molecule has 2 aliphatic rings. The van der Waals surface area contributed by atoms with Crippen LogP contribution in [0.5, 0.6) is 0 Å². The fourth-order valence-corrected chi connectivity index (χ4v) is 3.49. The highest BCUT2D eigenvalue weighted by Crippen LogP contribution is 2.27. The number of aryl methyl sites for hydroxylation is 1. The van der Waals surface area contributed by atoms with Crippen molar-refractivity contribution in [2.45, 2.75) is 51.0 Å². The fraction of sp³-hybridized carbons (Fsp3) is 0.733. The highest BCUT2D eigenvalue weighted by atomic mass is 16.3. The number of nitrogens with one attached hydrogen (secondary N) is 2. The van der Waals surface area contributed by atoms with Crippen molar-refractivity contribution in [2.75, 3.05) is 6.54 Å². The van der Waals surface area contributed by atoms with Crippen LogP contribution in [0.3, 0.4) is 0 Å². The molecule has 5 heteroatoms. The van der Waals surface area contributed by atoms with Gasteiger partial charge in [-0.15, -0.1) is 0 Å². The van der Waals surface area contributed by atoms with Gasteiger partial charge in [0.1, 0.15) is 0 Å². The number of amides is 1. The van der Waals surface area contributed by atoms with Crippen molar-refractivity contribution in [3.05, 3.63) is 17.5 Å². The first-order valence-electron chi connectivity index (χ1n) is 7.71. The van der Waals surface area contributed by atoms with Crippen molar-refractivity contribution in [2.24, 2.45) is 11.8 Å². The molecule has 1 aromatic rings. The van der Waals surface area contributed by atoms with Crippen LogP contribution in [0.15, 0.2) is 6.20 Å². The van der Waals surface area contributed by atoms with E-state index in [1.807, 2.05) is 6.20 Å². The molecule has 1 amide bonds. The van der Waals surface area contributed by atoms with Crippen molar-refractivity contribution in [1.82, 2.24) is 15.5 Å². The molecule has 0 bridgehead atoms. The predicted octanol–water partition coefficient (Wildman–Crippen LogP) is 1.18. The predicted molar refractivity (Wildman–Crippen MR) is 75.1 cm³/mol. The minimum Gasteiger partial charge on any atom is -0.391 e. The first kappa shape index (κ1) is 13.6. The van der Waals surface area contributed by atoms with E-state index in [1.54, 1.807) is 0 Å². The van der Waals surface area contributed by atoms with Crippen LogP contribution >= 0.6 is 0 Å². The van der Waals surface area contributed by atoms with Gasteiger partial charge in [-0.2, -0.15) is 5.10 Å². The molecule has 2 atom stereocenters. The molecule has 1 heterocycles. The Bertz CT molecular complexity index is 465. The summed E-state index contributed by atoms with van der Waals surface area (Å²) < 4.78 is 0. The summed E-state index contributed by atoms with van der Waals surface area (Å²) in [7, 11) is 0. The Morgan fingerprint density at radius 2 is 2.25 bits per heavy atom. The number of carbonyl (C=O) groups excluding carboxylic acids is 1. The summed E-state index contributed by atoms with van der Waals surface area (Å²) in [5.41, 5.74) is 2.33. The Labute approximate surface area is 119 Å². The lowest BCUT2D eigenvalue weighted by molar-refractivity contribution is -0.126. The maximum Gasteiger partial charge on any atom is 0.223 e. The van der Waals surface area contributed by atoms with Gasteiger partial charge >= 0.3 is 0 Å². The SMILES string of the molecule is O=C(NCC(O)C1CCCC1)C1CCc2cn[nH]c2C1. The molecule has 2 unspecified atom stereocenters. The summed E-state index contributed by atoms with van der Waals surface area (Å²) in [5.74, 6) is 0.460. The number of aliphatic hydroxyl groups excluding tert-OH is 1. The number of hydrogen-bond donors (Lipinski definition) is 3. The first-order valence-corrected chi connectivity index (χ1v) is 7.71. The lowest BCUT2D eigenvalue weighted by atomic mass is 9.87. The Kier molecular flexibility index (Phi) is 4.05. The minimum absolute atomic E-state index is 0.0127. The monoisotopic (exact) mass is 277 g/mol. The fourth-order valence-electron chi connectivity index (χ4n) is 3.49. The molecule has 0 aromatic carbocycles. The summed E-state index contributed by atoms with van der Waals surface area (Å²) in [6.07, 6.45) is 8.60. The molecule has 0 spiro atoms. The molecule has 0 saturated heterocycles. The normalized spacial score (nSPS) is 24.4. The van der Waals surface area contributed by atoms with Crippen molar-refractivity contribution in [3.63, 3.8) is 0 Å². The highest BCUT2D eigenvalue weighted by molar-refractivity contribution is 5.79. The van der Waals surface area contributed by atoms with Gasteiger partial charge in [0.15, 0.2) is 0 Å². The van der Waals surface area contributed by atoms with Gasteiger partial charge < -0.3 is 10.4 Å². The molecule has 1 saturated carbocycles. The number of aliphatic hydroxyl groups is 1. The van der Waals surface area contributed by atoms with Gasteiger partial charge in [-0.25, -0.2) is 0 Å². The van der Waals surface area contributed by atoms with Crippen LogP contribution < -0.4 is 5.32 Å². The summed E-state index contributed by atoms with van der Waals surface area (Å²) in [6.45, 7) is 0.399. The smallest absolute Gasteiger partial charge is 0.223 e. The van der Waals surface area contributed by atoms with E-state index in [0.29, 0.717) is 12.5 Å². The van der Waals surface area contributed by atoms with Crippen LogP contribution in [0.25, 0.3) is 0 Å². The number of nitrogens with zero attached hydrogens (tertiary/aromatic N) is 1. The van der Waals surface area contributed by atoms with E-state index < -0.39 is 0 Å². The second-order valence-corrected chi connectivity index (χ2v) is 6.17. The Balaban J connectivity index is 1.47. The van der Waals surface area contributed by atoms with Gasteiger partial charge in [0.2, 0.25) is 5.91 Å². The van der Waals surface area contributed by atoms with Crippen LogP contribution in [0.1, 0.15) is 43.4 Å². The van der Waals surface area contributed by atoms with Gasteiger partial charge in [0.05, 0.1) is 12.3 Å². The Morgan fingerprint density at radius 3 is 3.05 bits per heavy atom. The van der Waals surface area contributed by atoms with Gasteiger partial charge in [-0.3, -0.25) is 9.89 Å². The Morgan fingerprint density at radius 1 is 1.45 bits per heavy atom. The van der Waals surface area contributed by atoms with E-state index in [1.165, 1.54) is 18.4 Å². The van der Waals surface area contributed by atoms with Crippen molar-refractivity contribution in [1.29, 1.82) is 0 Å². The quantitative estimate of drug-likeness (QED) is 0.773. The largest absolute Gasteiger partial charge is 0.391 e. The number of aromatic nitrogens is 2. The third-order valence-corrected chi connectivity index (χ3v) is 4.82. The van der Waals surface area contributed by atoms with E-state index in [2.05, 4.69) is 15.5 Å². The second-order valence-electron chi connectivity index (χ2n) is 6.17. The standard InChI is InChI=1S/C15H23N3O2/c19-14(10-3-1-2-4-10)9-16-15(20)11-5-6-12-8-17-18-13(12)7-11/h8,10-11,14,19H,1-7,9H2,(H,16,20)(H,17,18). The topological polar surface area (TPSA) is 78.0 Å². The molecular formula is C15H23N3O2. The van der Waals surface area contributed by atoms with Crippen molar-refractivity contribution >= 4 is 5.91 Å². The van der Waals surface area contributed by atoms with Gasteiger partial charge in [0.25, 0.3) is 0 Å². The third-order valence-electron chi connectivity index (χ3n) is 4.82. The van der Waals surface area contributed by atoms with Gasteiger partial charge in [-0.1, -0.05) is 12.8 Å². The molecule has 1 aromatic heterocycles. The molecule has 3 rings (SSSR count). The van der Waals surface area contributed by atoms with Crippen LogP contribution in [-0.2, 0) is 17.6 Å². The number of fused-ring (bicyclic) bond motifs is 1. The number of carbonyl (C=O) groups is 1. The first-order chi connectivity index (χ1) is 9.74. The molecule has 20 heavy (non-hydrogen) atoms. The highest BCUT2D eigenvalue weighted by Gasteiger charge is 2.28. The number of hydrogen-bond acceptors (Lipinski definition) is 3. The average Bonchev–Trinajstić information content (AvgIpc) is 3.13. The van der Waals surface area contributed by atoms with Gasteiger partial charge in [-0.05, 0) is 37.2 Å². The maximum atomic E-state index is 12.2. The van der Waals surface area contributed by atoms with E-state index in [-0.39, 0.29) is 17.9 Å². The van der Waals surface area contributed by atoms with Gasteiger partial charge in [0, 0.05) is 24.6 Å². The van der Waals surface area contributed by atoms with Crippen LogP contribution in [0, 0.1) is 11.8 Å². The number of aromatic amines is 1. The maximum absolute atomic E-state index is 12.2. The molecular weight excluding hydrogens is 254 g/mol.